The molecule has 2 bridgehead atoms. The van der Waals surface area contributed by atoms with Gasteiger partial charge in [-0.15, -0.1) is 13.2 Å². The van der Waals surface area contributed by atoms with Gasteiger partial charge >= 0.3 is 5.97 Å². The van der Waals surface area contributed by atoms with E-state index in [9.17, 15) is 24.3 Å². The van der Waals surface area contributed by atoms with Crippen LogP contribution in [0.4, 0.5) is 0 Å². The number of nitrogens with zero attached hydrogens (tertiary/aromatic N) is 2. The van der Waals surface area contributed by atoms with E-state index in [1.54, 1.807) is 17.1 Å². The van der Waals surface area contributed by atoms with Gasteiger partial charge in [-0.25, -0.2) is 0 Å². The summed E-state index contributed by atoms with van der Waals surface area (Å²) >= 11 is 0. The summed E-state index contributed by atoms with van der Waals surface area (Å²) in [4.78, 5) is 59.3. The molecule has 3 heterocycles. The maximum absolute atomic E-state index is 14.8. The number of rotatable bonds is 17. The van der Waals surface area contributed by atoms with Gasteiger partial charge < -0.3 is 29.7 Å². The average Bonchev–Trinajstić information content (AvgIpc) is 3.75. The number of amides is 3. The van der Waals surface area contributed by atoms with Crippen LogP contribution in [-0.2, 0) is 35.2 Å². The summed E-state index contributed by atoms with van der Waals surface area (Å²) in [6, 6.07) is 16.5. The van der Waals surface area contributed by atoms with Crippen LogP contribution in [0.25, 0.3) is 0 Å². The van der Waals surface area contributed by atoms with Crippen LogP contribution in [0.2, 0.25) is 0 Å². The largest absolute Gasteiger partial charge is 0.463 e. The van der Waals surface area contributed by atoms with E-state index in [4.69, 9.17) is 9.47 Å². The van der Waals surface area contributed by atoms with E-state index in [0.29, 0.717) is 32.2 Å². The van der Waals surface area contributed by atoms with E-state index in [1.165, 1.54) is 4.90 Å². The summed E-state index contributed by atoms with van der Waals surface area (Å²) in [7, 11) is 0. The molecule has 0 radical (unpaired) electrons. The summed E-state index contributed by atoms with van der Waals surface area (Å²) in [5.41, 5.74) is 0.437. The molecule has 2 aromatic carbocycles. The number of carbonyl (C=O) groups excluding carboxylic acids is 4. The van der Waals surface area contributed by atoms with Crippen molar-refractivity contribution in [2.75, 3.05) is 19.8 Å². The Morgan fingerprint density at radius 1 is 1.10 bits per heavy atom. The number of benzene rings is 2. The molecule has 3 fully saturated rings. The van der Waals surface area contributed by atoms with Gasteiger partial charge in [-0.1, -0.05) is 86.7 Å². The van der Waals surface area contributed by atoms with Crippen molar-refractivity contribution in [2.24, 2.45) is 17.8 Å². The fraction of sp³-hybridized carbons (Fsp3) is 0.487. The lowest BCUT2D eigenvalue weighted by Gasteiger charge is -2.39. The molecule has 0 aromatic heterocycles. The molecule has 49 heavy (non-hydrogen) atoms. The number of allylic oxidation sites excluding steroid dienone is 1. The molecule has 0 aliphatic carbocycles. The zero-order chi connectivity index (χ0) is 35.1. The van der Waals surface area contributed by atoms with Crippen LogP contribution in [0.1, 0.15) is 63.1 Å². The molecule has 10 heteroatoms. The van der Waals surface area contributed by atoms with Gasteiger partial charge in [0.25, 0.3) is 0 Å². The summed E-state index contributed by atoms with van der Waals surface area (Å²) in [5.74, 6) is -3.11. The number of likely N-dealkylation sites (tertiary alicyclic amines) is 1. The van der Waals surface area contributed by atoms with Gasteiger partial charge in [0.1, 0.15) is 18.2 Å². The fourth-order valence-electron chi connectivity index (χ4n) is 7.89. The normalized spacial score (nSPS) is 25.1. The Kier molecular flexibility index (Phi) is 11.7. The number of aliphatic hydroxyl groups is 1. The van der Waals surface area contributed by atoms with E-state index in [1.807, 2.05) is 74.5 Å². The summed E-state index contributed by atoms with van der Waals surface area (Å²) < 4.78 is 12.2. The van der Waals surface area contributed by atoms with Crippen molar-refractivity contribution in [2.45, 2.75) is 82.3 Å². The maximum atomic E-state index is 14.8. The van der Waals surface area contributed by atoms with Crippen molar-refractivity contribution in [1.82, 2.24) is 15.1 Å². The number of hydrogen-bond acceptors (Lipinski definition) is 7. The molecule has 5 rings (SSSR count). The predicted octanol–water partition coefficient (Wildman–Crippen LogP) is 4.35. The zero-order valence-electron chi connectivity index (χ0n) is 28.5. The second-order valence-corrected chi connectivity index (χ2v) is 13.7. The average molecular weight is 672 g/mol. The first-order chi connectivity index (χ1) is 23.6. The lowest BCUT2D eigenvalue weighted by molar-refractivity contribution is -0.152. The number of aliphatic hydroxyl groups excluding tert-OH is 1. The van der Waals surface area contributed by atoms with Gasteiger partial charge in [0.05, 0.1) is 36.6 Å². The third-order valence-corrected chi connectivity index (χ3v) is 9.98. The van der Waals surface area contributed by atoms with Gasteiger partial charge in [0.2, 0.25) is 17.7 Å². The van der Waals surface area contributed by atoms with E-state index in [-0.39, 0.29) is 43.9 Å². The van der Waals surface area contributed by atoms with Gasteiger partial charge in [0, 0.05) is 19.5 Å². The molecule has 10 nitrogen and oxygen atoms in total. The molecular formula is C39H49N3O7. The minimum Gasteiger partial charge on any atom is -0.463 e. The monoisotopic (exact) mass is 671 g/mol. The lowest BCUT2D eigenvalue weighted by Crippen LogP contribution is -2.58. The molecule has 1 spiro atoms. The molecule has 262 valence electrons. The molecule has 0 unspecified atom stereocenters. The third-order valence-electron chi connectivity index (χ3n) is 9.98. The van der Waals surface area contributed by atoms with E-state index >= 15 is 0 Å². The second-order valence-electron chi connectivity index (χ2n) is 13.7. The van der Waals surface area contributed by atoms with Crippen molar-refractivity contribution in [1.29, 1.82) is 0 Å². The molecule has 0 saturated carbocycles. The lowest BCUT2D eigenvalue weighted by atomic mass is 9.70. The standard InChI is InChI=1S/C39H49N3O7/c1-5-7-18-32(44)48-25-30(28-16-12-9-13-17-28)40-36(45)33-31-19-20-39(49-31)34(33)37(46)42(29(24-43)22-26(3)4)35(39)38(47)41(21-6-2)23-27-14-10-8-11-15-27/h5-6,8-17,26,29-31,33-35,43H,1-2,7,18-25H2,3-4H3,(H,40,45)/t29-,30-,31+,33-,34-,35+,39-/m1/s1. The minimum atomic E-state index is -1.24. The van der Waals surface area contributed by atoms with Crippen LogP contribution in [-0.4, -0.2) is 82.1 Å². The van der Waals surface area contributed by atoms with Crippen LogP contribution in [0, 0.1) is 17.8 Å². The van der Waals surface area contributed by atoms with Crippen LogP contribution in [0.15, 0.2) is 86.0 Å². The van der Waals surface area contributed by atoms with Crippen molar-refractivity contribution < 1.29 is 33.8 Å². The Hall–Kier alpha value is -4.28. The Balaban J connectivity index is 1.47. The minimum absolute atomic E-state index is 0.0854. The summed E-state index contributed by atoms with van der Waals surface area (Å²) in [6.45, 7) is 11.7. The Bertz CT molecular complexity index is 1500. The topological polar surface area (TPSA) is 125 Å². The number of nitrogens with one attached hydrogen (secondary N) is 1. The van der Waals surface area contributed by atoms with Crippen molar-refractivity contribution >= 4 is 23.7 Å². The molecule has 3 saturated heterocycles. The number of fused-ring (bicyclic) bond motifs is 1. The number of carbonyl (C=O) groups is 4. The quantitative estimate of drug-likeness (QED) is 0.189. The first kappa shape index (κ1) is 36.0. The highest BCUT2D eigenvalue weighted by atomic mass is 16.5. The molecule has 2 aromatic rings. The molecule has 3 aliphatic heterocycles. The highest BCUT2D eigenvalue weighted by Gasteiger charge is 2.75. The Morgan fingerprint density at radius 3 is 2.43 bits per heavy atom. The predicted molar refractivity (Wildman–Crippen MR) is 185 cm³/mol. The molecule has 3 amide bonds. The fourth-order valence-corrected chi connectivity index (χ4v) is 7.89. The van der Waals surface area contributed by atoms with Gasteiger partial charge in [-0.3, -0.25) is 19.2 Å². The van der Waals surface area contributed by atoms with Crippen LogP contribution in [0.5, 0.6) is 0 Å². The van der Waals surface area contributed by atoms with Crippen LogP contribution >= 0.6 is 0 Å². The Morgan fingerprint density at radius 2 is 1.80 bits per heavy atom. The molecular weight excluding hydrogens is 622 g/mol. The third kappa shape index (κ3) is 7.50. The highest BCUT2D eigenvalue weighted by Crippen LogP contribution is 2.59. The van der Waals surface area contributed by atoms with Gasteiger partial charge in [-0.05, 0) is 42.7 Å². The SMILES string of the molecule is C=CCCC(=O)OC[C@@H](NC(=O)[C@@H]1[C@@H]2CC[C@]3(O2)[C@H](C(=O)N(CC=C)Cc2ccccc2)N([C@@H](CO)CC(C)C)C(=O)[C@@H]13)c1ccccc1. The van der Waals surface area contributed by atoms with Crippen LogP contribution < -0.4 is 5.32 Å². The summed E-state index contributed by atoms with van der Waals surface area (Å²) in [5, 5.41) is 13.7. The van der Waals surface area contributed by atoms with E-state index < -0.39 is 53.5 Å². The first-order valence-corrected chi connectivity index (χ1v) is 17.3. The maximum Gasteiger partial charge on any atom is 0.306 e. The second kappa shape index (κ2) is 16.0. The smallest absolute Gasteiger partial charge is 0.306 e. The zero-order valence-corrected chi connectivity index (χ0v) is 28.5. The number of esters is 1. The van der Waals surface area contributed by atoms with Crippen molar-refractivity contribution in [3.63, 3.8) is 0 Å². The molecule has 7 atom stereocenters. The number of ether oxygens (including phenoxy) is 2. The number of hydrogen-bond donors (Lipinski definition) is 2. The molecule has 2 N–H and O–H groups in total. The first-order valence-electron chi connectivity index (χ1n) is 17.3. The molecule has 3 aliphatic rings. The Labute approximate surface area is 289 Å². The van der Waals surface area contributed by atoms with Crippen molar-refractivity contribution in [3.8, 4) is 0 Å². The van der Waals surface area contributed by atoms with Crippen LogP contribution in [0.3, 0.4) is 0 Å². The summed E-state index contributed by atoms with van der Waals surface area (Å²) in [6.07, 6.45) is 4.79. The van der Waals surface area contributed by atoms with E-state index in [0.717, 1.165) is 11.1 Å². The highest BCUT2D eigenvalue weighted by molar-refractivity contribution is 5.99. The van der Waals surface area contributed by atoms with Gasteiger partial charge in [0.15, 0.2) is 0 Å². The van der Waals surface area contributed by atoms with Gasteiger partial charge in [-0.2, -0.15) is 0 Å². The van der Waals surface area contributed by atoms with E-state index in [2.05, 4.69) is 18.5 Å². The van der Waals surface area contributed by atoms with Crippen molar-refractivity contribution in [3.05, 3.63) is 97.1 Å².